The van der Waals surface area contributed by atoms with E-state index in [1.54, 1.807) is 12.1 Å². The largest absolute Gasteiger partial charge is 0.288 e. The number of anilines is 1. The molecular formula is C13H10FN5O2S. The molecule has 0 unspecified atom stereocenters. The zero-order valence-corrected chi connectivity index (χ0v) is 12.1. The van der Waals surface area contributed by atoms with Crippen LogP contribution in [-0.2, 0) is 0 Å². The number of nitrogens with one attached hydrogen (secondary N) is 3. The van der Waals surface area contributed by atoms with Crippen LogP contribution in [0.15, 0.2) is 29.1 Å². The van der Waals surface area contributed by atoms with Crippen molar-refractivity contribution in [1.82, 2.24) is 20.6 Å². The predicted octanol–water partition coefficient (Wildman–Crippen LogP) is 1.58. The molecule has 3 rings (SSSR count). The first-order valence-electron chi connectivity index (χ1n) is 6.22. The number of aromatic amines is 1. The third kappa shape index (κ3) is 2.66. The monoisotopic (exact) mass is 319 g/mol. The number of H-pyrrole nitrogens is 1. The number of hydrogen-bond donors (Lipinski definition) is 3. The van der Waals surface area contributed by atoms with Crippen LogP contribution in [0.3, 0.4) is 0 Å². The highest BCUT2D eigenvalue weighted by atomic mass is 32.1. The maximum atomic E-state index is 13.6. The van der Waals surface area contributed by atoms with Crippen LogP contribution in [0.4, 0.5) is 10.3 Å². The summed E-state index contributed by atoms with van der Waals surface area (Å²) in [6.07, 6.45) is 0. The summed E-state index contributed by atoms with van der Waals surface area (Å²) in [5.74, 6) is -0.838. The molecule has 7 nitrogen and oxygen atoms in total. The van der Waals surface area contributed by atoms with E-state index in [4.69, 9.17) is 0 Å². The van der Waals surface area contributed by atoms with E-state index in [9.17, 15) is 14.0 Å². The topological polar surface area (TPSA) is 99.8 Å². The van der Waals surface area contributed by atoms with Crippen LogP contribution in [0, 0.1) is 12.7 Å². The summed E-state index contributed by atoms with van der Waals surface area (Å²) in [5.41, 5.74) is 4.64. The van der Waals surface area contributed by atoms with Gasteiger partial charge < -0.3 is 0 Å². The van der Waals surface area contributed by atoms with E-state index >= 15 is 0 Å². The van der Waals surface area contributed by atoms with E-state index in [-0.39, 0.29) is 17.5 Å². The van der Waals surface area contributed by atoms with Crippen LogP contribution in [-0.4, -0.2) is 21.1 Å². The second-order valence-electron chi connectivity index (χ2n) is 4.43. The van der Waals surface area contributed by atoms with E-state index < -0.39 is 11.5 Å². The minimum Gasteiger partial charge on any atom is -0.288 e. The lowest BCUT2D eigenvalue weighted by molar-refractivity contribution is 0.0966. The van der Waals surface area contributed by atoms with Gasteiger partial charge in [-0.25, -0.2) is 4.39 Å². The van der Waals surface area contributed by atoms with Gasteiger partial charge in [0.15, 0.2) is 0 Å². The third-order valence-electron chi connectivity index (χ3n) is 2.89. The summed E-state index contributed by atoms with van der Waals surface area (Å²) in [6.45, 7) is 1.51. The Labute approximate surface area is 127 Å². The van der Waals surface area contributed by atoms with Gasteiger partial charge in [-0.2, -0.15) is 0 Å². The molecule has 2 aromatic heterocycles. The Morgan fingerprint density at radius 3 is 2.91 bits per heavy atom. The van der Waals surface area contributed by atoms with E-state index in [1.807, 2.05) is 0 Å². The summed E-state index contributed by atoms with van der Waals surface area (Å²) in [5, 5.41) is 7.68. The number of amides is 1. The third-order valence-corrected chi connectivity index (χ3v) is 3.99. The molecule has 2 heterocycles. The number of hydrazine groups is 1. The first kappa shape index (κ1) is 14.1. The van der Waals surface area contributed by atoms with Crippen molar-refractivity contribution >= 4 is 33.3 Å². The number of carbonyl (C=O) groups is 1. The maximum absolute atomic E-state index is 13.6. The van der Waals surface area contributed by atoms with E-state index in [0.717, 1.165) is 11.3 Å². The van der Waals surface area contributed by atoms with E-state index in [1.165, 1.54) is 19.1 Å². The Hall–Kier alpha value is -2.81. The number of aromatic nitrogens is 3. The SMILES string of the molecule is Cc1nnc(NNC(=O)c2cc3c(F)cccc3s2)[nH]c1=O. The Kier molecular flexibility index (Phi) is 3.55. The predicted molar refractivity (Wildman–Crippen MR) is 80.3 cm³/mol. The lowest BCUT2D eigenvalue weighted by atomic mass is 10.2. The number of thiophene rings is 1. The normalized spacial score (nSPS) is 10.6. The molecular weight excluding hydrogens is 309 g/mol. The van der Waals surface area contributed by atoms with Crippen LogP contribution in [0.25, 0.3) is 10.1 Å². The summed E-state index contributed by atoms with van der Waals surface area (Å²) in [6, 6.07) is 6.12. The molecule has 0 atom stereocenters. The van der Waals surface area contributed by atoms with Crippen molar-refractivity contribution in [1.29, 1.82) is 0 Å². The molecule has 9 heteroatoms. The number of nitrogens with zero attached hydrogens (tertiary/aromatic N) is 2. The summed E-state index contributed by atoms with van der Waals surface area (Å²) in [4.78, 5) is 26.1. The molecule has 3 aromatic rings. The van der Waals surface area contributed by atoms with Crippen LogP contribution >= 0.6 is 11.3 Å². The average Bonchev–Trinajstić information content (AvgIpc) is 2.94. The molecule has 0 spiro atoms. The highest BCUT2D eigenvalue weighted by Gasteiger charge is 2.12. The molecule has 0 aliphatic rings. The van der Waals surface area contributed by atoms with Gasteiger partial charge in [-0.1, -0.05) is 6.07 Å². The lowest BCUT2D eigenvalue weighted by Gasteiger charge is -2.05. The highest BCUT2D eigenvalue weighted by molar-refractivity contribution is 7.20. The molecule has 3 N–H and O–H groups in total. The van der Waals surface area contributed by atoms with Crippen LogP contribution in [0.1, 0.15) is 15.4 Å². The number of hydrogen-bond acceptors (Lipinski definition) is 6. The molecule has 0 aliphatic heterocycles. The molecule has 0 saturated heterocycles. The van der Waals surface area contributed by atoms with Crippen molar-refractivity contribution in [2.24, 2.45) is 0 Å². The van der Waals surface area contributed by atoms with Crippen molar-refractivity contribution in [3.05, 3.63) is 51.0 Å². The van der Waals surface area contributed by atoms with Gasteiger partial charge in [0, 0.05) is 10.1 Å². The van der Waals surface area contributed by atoms with Crippen LogP contribution in [0.5, 0.6) is 0 Å². The fraction of sp³-hybridized carbons (Fsp3) is 0.0769. The van der Waals surface area contributed by atoms with Gasteiger partial charge in [-0.3, -0.25) is 25.4 Å². The standard InChI is InChI=1S/C13H10FN5O2S/c1-6-11(20)15-13(18-16-6)19-17-12(21)10-5-7-8(14)3-2-4-9(7)22-10/h2-5H,1H3,(H,17,21)(H2,15,18,19,20). The second-order valence-corrected chi connectivity index (χ2v) is 5.51. The fourth-order valence-corrected chi connectivity index (χ4v) is 2.73. The van der Waals surface area contributed by atoms with Gasteiger partial charge in [0.05, 0.1) is 4.88 Å². The number of benzene rings is 1. The van der Waals surface area contributed by atoms with Gasteiger partial charge in [-0.15, -0.1) is 21.5 Å². The lowest BCUT2D eigenvalue weighted by Crippen LogP contribution is -2.31. The Morgan fingerprint density at radius 1 is 1.36 bits per heavy atom. The van der Waals surface area contributed by atoms with Gasteiger partial charge in [0.1, 0.15) is 11.5 Å². The van der Waals surface area contributed by atoms with Crippen LogP contribution in [0.2, 0.25) is 0 Å². The highest BCUT2D eigenvalue weighted by Crippen LogP contribution is 2.27. The Bertz CT molecular complexity index is 920. The van der Waals surface area contributed by atoms with E-state index in [2.05, 4.69) is 26.0 Å². The van der Waals surface area contributed by atoms with Crippen molar-refractivity contribution < 1.29 is 9.18 Å². The minimum atomic E-state index is -0.469. The quantitative estimate of drug-likeness (QED) is 0.637. The van der Waals surface area contributed by atoms with Crippen LogP contribution < -0.4 is 16.4 Å². The summed E-state index contributed by atoms with van der Waals surface area (Å²) < 4.78 is 14.3. The second kappa shape index (κ2) is 5.53. The van der Waals surface area contributed by atoms with Crippen molar-refractivity contribution in [3.63, 3.8) is 0 Å². The molecule has 0 bridgehead atoms. The fourth-order valence-electron chi connectivity index (χ4n) is 1.76. The number of fused-ring (bicyclic) bond motifs is 1. The maximum Gasteiger partial charge on any atom is 0.279 e. The summed E-state index contributed by atoms with van der Waals surface area (Å²) >= 11 is 1.16. The molecule has 0 radical (unpaired) electrons. The van der Waals surface area contributed by atoms with Crippen molar-refractivity contribution in [3.8, 4) is 0 Å². The molecule has 1 aromatic carbocycles. The minimum absolute atomic E-state index is 0.0104. The zero-order chi connectivity index (χ0) is 15.7. The average molecular weight is 319 g/mol. The number of carbonyl (C=O) groups excluding carboxylic acids is 1. The van der Waals surface area contributed by atoms with Gasteiger partial charge >= 0.3 is 0 Å². The number of halogens is 1. The smallest absolute Gasteiger partial charge is 0.279 e. The molecule has 22 heavy (non-hydrogen) atoms. The zero-order valence-electron chi connectivity index (χ0n) is 11.3. The first-order chi connectivity index (χ1) is 10.5. The molecule has 112 valence electrons. The first-order valence-corrected chi connectivity index (χ1v) is 7.04. The van der Waals surface area contributed by atoms with Gasteiger partial charge in [-0.05, 0) is 25.1 Å². The summed E-state index contributed by atoms with van der Waals surface area (Å²) in [7, 11) is 0. The van der Waals surface area contributed by atoms with Gasteiger partial charge in [0.25, 0.3) is 11.5 Å². The number of rotatable bonds is 3. The van der Waals surface area contributed by atoms with Crippen molar-refractivity contribution in [2.75, 3.05) is 5.43 Å². The van der Waals surface area contributed by atoms with E-state index in [0.29, 0.717) is 15.0 Å². The van der Waals surface area contributed by atoms with Crippen molar-refractivity contribution in [2.45, 2.75) is 6.92 Å². The van der Waals surface area contributed by atoms with Gasteiger partial charge in [0.2, 0.25) is 5.95 Å². The molecule has 0 saturated carbocycles. The molecule has 0 aliphatic carbocycles. The Morgan fingerprint density at radius 2 is 2.18 bits per heavy atom. The number of aryl methyl sites for hydroxylation is 1. The Balaban J connectivity index is 1.77. The molecule has 1 amide bonds. The molecule has 0 fully saturated rings.